The van der Waals surface area contributed by atoms with Gasteiger partial charge in [0.05, 0.1) is 0 Å². The molecule has 1 amide bonds. The average molecular weight is 351 g/mol. The summed E-state index contributed by atoms with van der Waals surface area (Å²) in [5, 5.41) is 11.3. The highest BCUT2D eigenvalue weighted by molar-refractivity contribution is 9.10. The standard InChI is InChI=1S/C14H11BrN2O4/c15-11-7-6-10(13(18)19)12(16-11)17-14(20)21-8-9-4-2-1-3-5-9/h1-7H,8H2,(H,18,19)(H,16,17,20). The first-order valence-electron chi connectivity index (χ1n) is 5.94. The lowest BCUT2D eigenvalue weighted by molar-refractivity contribution is 0.0697. The maximum atomic E-state index is 11.7. The van der Waals surface area contributed by atoms with Crippen molar-refractivity contribution < 1.29 is 19.4 Å². The Morgan fingerprint density at radius 2 is 1.90 bits per heavy atom. The van der Waals surface area contributed by atoms with Crippen LogP contribution >= 0.6 is 15.9 Å². The van der Waals surface area contributed by atoms with Crippen LogP contribution in [0.25, 0.3) is 0 Å². The fraction of sp³-hybridized carbons (Fsp3) is 0.0714. The summed E-state index contributed by atoms with van der Waals surface area (Å²) in [7, 11) is 0. The van der Waals surface area contributed by atoms with Crippen molar-refractivity contribution in [3.63, 3.8) is 0 Å². The minimum atomic E-state index is -1.19. The number of benzene rings is 1. The van der Waals surface area contributed by atoms with Crippen molar-refractivity contribution in [2.75, 3.05) is 5.32 Å². The van der Waals surface area contributed by atoms with E-state index in [9.17, 15) is 9.59 Å². The van der Waals surface area contributed by atoms with Gasteiger partial charge in [-0.05, 0) is 33.6 Å². The van der Waals surface area contributed by atoms with Gasteiger partial charge in [0.15, 0.2) is 5.82 Å². The van der Waals surface area contributed by atoms with Crippen molar-refractivity contribution in [2.45, 2.75) is 6.61 Å². The smallest absolute Gasteiger partial charge is 0.413 e. The number of hydrogen-bond donors (Lipinski definition) is 2. The zero-order valence-electron chi connectivity index (χ0n) is 10.7. The number of amides is 1. The van der Waals surface area contributed by atoms with E-state index in [2.05, 4.69) is 26.2 Å². The van der Waals surface area contributed by atoms with E-state index in [1.165, 1.54) is 12.1 Å². The maximum Gasteiger partial charge on any atom is 0.413 e. The molecule has 0 aliphatic carbocycles. The predicted octanol–water partition coefficient (Wildman–Crippen LogP) is 3.29. The van der Waals surface area contributed by atoms with Crippen LogP contribution in [0.15, 0.2) is 47.1 Å². The molecule has 2 rings (SSSR count). The lowest BCUT2D eigenvalue weighted by Gasteiger charge is -2.09. The van der Waals surface area contributed by atoms with Crippen molar-refractivity contribution in [2.24, 2.45) is 0 Å². The topological polar surface area (TPSA) is 88.5 Å². The normalized spacial score (nSPS) is 9.95. The van der Waals surface area contributed by atoms with Crippen LogP contribution in [0.5, 0.6) is 0 Å². The third kappa shape index (κ3) is 4.28. The van der Waals surface area contributed by atoms with Gasteiger partial charge in [0.1, 0.15) is 16.8 Å². The van der Waals surface area contributed by atoms with Gasteiger partial charge in [-0.3, -0.25) is 5.32 Å². The number of pyridine rings is 1. The molecule has 2 aromatic rings. The number of nitrogens with one attached hydrogen (secondary N) is 1. The van der Waals surface area contributed by atoms with Gasteiger partial charge in [-0.15, -0.1) is 0 Å². The Morgan fingerprint density at radius 3 is 2.57 bits per heavy atom. The molecule has 1 heterocycles. The van der Waals surface area contributed by atoms with Gasteiger partial charge in [-0.2, -0.15) is 0 Å². The summed E-state index contributed by atoms with van der Waals surface area (Å²) in [5.41, 5.74) is 0.711. The number of carboxylic acid groups (broad SMARTS) is 1. The SMILES string of the molecule is O=C(Nc1nc(Br)ccc1C(=O)O)OCc1ccccc1. The van der Waals surface area contributed by atoms with Crippen LogP contribution < -0.4 is 5.32 Å². The van der Waals surface area contributed by atoms with Crippen molar-refractivity contribution in [3.8, 4) is 0 Å². The molecule has 0 fully saturated rings. The minimum absolute atomic E-state index is 0.0741. The van der Waals surface area contributed by atoms with E-state index in [1.807, 2.05) is 30.3 Å². The Bertz CT molecular complexity index is 661. The summed E-state index contributed by atoms with van der Waals surface area (Å²) in [6.07, 6.45) is -0.771. The van der Waals surface area contributed by atoms with Crippen LogP contribution in [0, 0.1) is 0 Å². The van der Waals surface area contributed by atoms with Crippen LogP contribution in [0.3, 0.4) is 0 Å². The number of aromatic carboxylic acids is 1. The van der Waals surface area contributed by atoms with Gasteiger partial charge in [0.2, 0.25) is 0 Å². The predicted molar refractivity (Wildman–Crippen MR) is 79.1 cm³/mol. The Kier molecular flexibility index (Phi) is 4.89. The van der Waals surface area contributed by atoms with E-state index >= 15 is 0 Å². The van der Waals surface area contributed by atoms with Crippen LogP contribution in [0.4, 0.5) is 10.6 Å². The van der Waals surface area contributed by atoms with E-state index in [1.54, 1.807) is 0 Å². The highest BCUT2D eigenvalue weighted by Gasteiger charge is 2.15. The molecule has 1 aromatic heterocycles. The Labute approximate surface area is 128 Å². The van der Waals surface area contributed by atoms with Gasteiger partial charge in [0.25, 0.3) is 0 Å². The van der Waals surface area contributed by atoms with Gasteiger partial charge in [0, 0.05) is 0 Å². The van der Waals surface area contributed by atoms with E-state index in [-0.39, 0.29) is 18.0 Å². The number of carbonyl (C=O) groups excluding carboxylic acids is 1. The Balaban J connectivity index is 2.02. The summed E-state index contributed by atoms with van der Waals surface area (Å²) < 4.78 is 5.42. The number of aromatic nitrogens is 1. The quantitative estimate of drug-likeness (QED) is 0.826. The Hall–Kier alpha value is -2.41. The van der Waals surface area contributed by atoms with Gasteiger partial charge in [-0.1, -0.05) is 30.3 Å². The minimum Gasteiger partial charge on any atom is -0.478 e. The molecular weight excluding hydrogens is 340 g/mol. The van der Waals surface area contributed by atoms with Crippen LogP contribution in [-0.4, -0.2) is 22.2 Å². The summed E-state index contributed by atoms with van der Waals surface area (Å²) in [4.78, 5) is 26.7. The van der Waals surface area contributed by atoms with Gasteiger partial charge < -0.3 is 9.84 Å². The summed E-state index contributed by atoms with van der Waals surface area (Å²) in [5.74, 6) is -1.26. The van der Waals surface area contributed by atoms with Crippen LogP contribution in [0.2, 0.25) is 0 Å². The van der Waals surface area contributed by atoms with E-state index in [0.717, 1.165) is 5.56 Å². The Morgan fingerprint density at radius 1 is 1.19 bits per heavy atom. The molecule has 0 saturated carbocycles. The first-order valence-corrected chi connectivity index (χ1v) is 6.73. The highest BCUT2D eigenvalue weighted by atomic mass is 79.9. The molecule has 108 valence electrons. The van der Waals surface area contributed by atoms with Crippen LogP contribution in [0.1, 0.15) is 15.9 Å². The number of nitrogens with zero attached hydrogens (tertiary/aromatic N) is 1. The number of halogens is 1. The average Bonchev–Trinajstić information content (AvgIpc) is 2.46. The zero-order valence-corrected chi connectivity index (χ0v) is 12.3. The van der Waals surface area contributed by atoms with E-state index < -0.39 is 12.1 Å². The largest absolute Gasteiger partial charge is 0.478 e. The molecule has 0 bridgehead atoms. The molecule has 21 heavy (non-hydrogen) atoms. The number of carboxylic acids is 1. The van der Waals surface area contributed by atoms with Gasteiger partial charge in [-0.25, -0.2) is 14.6 Å². The molecule has 0 saturated heterocycles. The van der Waals surface area contributed by atoms with Crippen molar-refractivity contribution >= 4 is 33.8 Å². The molecule has 7 heteroatoms. The second-order valence-electron chi connectivity index (χ2n) is 4.02. The summed E-state index contributed by atoms with van der Waals surface area (Å²) in [6, 6.07) is 12.0. The first-order chi connectivity index (χ1) is 10.1. The van der Waals surface area contributed by atoms with E-state index in [4.69, 9.17) is 9.84 Å². The fourth-order valence-corrected chi connectivity index (χ4v) is 1.87. The van der Waals surface area contributed by atoms with E-state index in [0.29, 0.717) is 4.60 Å². The van der Waals surface area contributed by atoms with Crippen molar-refractivity contribution in [3.05, 3.63) is 58.2 Å². The van der Waals surface area contributed by atoms with Crippen molar-refractivity contribution in [1.29, 1.82) is 0 Å². The molecule has 0 spiro atoms. The lowest BCUT2D eigenvalue weighted by atomic mass is 10.2. The molecule has 6 nitrogen and oxygen atoms in total. The van der Waals surface area contributed by atoms with Crippen molar-refractivity contribution in [1.82, 2.24) is 4.98 Å². The van der Waals surface area contributed by atoms with Gasteiger partial charge >= 0.3 is 12.1 Å². The first kappa shape index (κ1) is 15.0. The number of rotatable bonds is 4. The van der Waals surface area contributed by atoms with Crippen LogP contribution in [-0.2, 0) is 11.3 Å². The molecule has 0 aliphatic heterocycles. The highest BCUT2D eigenvalue weighted by Crippen LogP contribution is 2.17. The molecule has 0 atom stereocenters. The number of hydrogen-bond acceptors (Lipinski definition) is 4. The molecule has 0 unspecified atom stereocenters. The second-order valence-corrected chi connectivity index (χ2v) is 4.83. The maximum absolute atomic E-state index is 11.7. The fourth-order valence-electron chi connectivity index (χ4n) is 1.56. The molecule has 0 radical (unpaired) electrons. The molecular formula is C14H11BrN2O4. The third-order valence-corrected chi connectivity index (χ3v) is 2.97. The molecule has 0 aliphatic rings. The number of ether oxygens (including phenoxy) is 1. The monoisotopic (exact) mass is 350 g/mol. The lowest BCUT2D eigenvalue weighted by Crippen LogP contribution is -2.17. The second kappa shape index (κ2) is 6.85. The summed E-state index contributed by atoms with van der Waals surface area (Å²) in [6.45, 7) is 0.0864. The third-order valence-electron chi connectivity index (χ3n) is 2.52. The number of anilines is 1. The summed E-state index contributed by atoms with van der Waals surface area (Å²) >= 11 is 3.11. The molecule has 2 N–H and O–H groups in total. The molecule has 1 aromatic carbocycles. The zero-order chi connectivity index (χ0) is 15.2. The number of carbonyl (C=O) groups is 2.